The fraction of sp³-hybridized carbons (Fsp3) is 0.412. The van der Waals surface area contributed by atoms with Crippen molar-refractivity contribution in [1.29, 1.82) is 0 Å². The zero-order valence-electron chi connectivity index (χ0n) is 14.2. The van der Waals surface area contributed by atoms with E-state index in [4.69, 9.17) is 4.74 Å². The van der Waals surface area contributed by atoms with Crippen molar-refractivity contribution in [1.82, 2.24) is 13.2 Å². The van der Waals surface area contributed by atoms with Crippen molar-refractivity contribution in [2.75, 3.05) is 27.2 Å². The summed E-state index contributed by atoms with van der Waals surface area (Å²) in [7, 11) is -0.381. The van der Waals surface area contributed by atoms with E-state index in [1.165, 1.54) is 4.31 Å². The molecule has 0 bridgehead atoms. The van der Waals surface area contributed by atoms with Crippen LogP contribution in [0.3, 0.4) is 0 Å². The van der Waals surface area contributed by atoms with Crippen LogP contribution >= 0.6 is 0 Å². The number of ether oxygens (including phenoxy) is 1. The van der Waals surface area contributed by atoms with E-state index in [2.05, 4.69) is 4.57 Å². The van der Waals surface area contributed by atoms with Gasteiger partial charge in [-0.05, 0) is 36.8 Å². The number of aromatic nitrogens is 1. The minimum Gasteiger partial charge on any atom is -0.494 e. The highest BCUT2D eigenvalue weighted by Crippen LogP contribution is 2.35. The van der Waals surface area contributed by atoms with Gasteiger partial charge in [0.2, 0.25) is 0 Å². The summed E-state index contributed by atoms with van der Waals surface area (Å²) in [6.45, 7) is 3.64. The van der Waals surface area contributed by atoms with Crippen LogP contribution in [0, 0.1) is 0 Å². The molecule has 0 saturated heterocycles. The van der Waals surface area contributed by atoms with Gasteiger partial charge in [-0.2, -0.15) is 17.0 Å². The van der Waals surface area contributed by atoms with Crippen LogP contribution in [0.2, 0.25) is 0 Å². The van der Waals surface area contributed by atoms with Gasteiger partial charge in [-0.1, -0.05) is 12.1 Å². The Bertz CT molecular complexity index is 797. The molecule has 1 unspecified atom stereocenters. The molecule has 0 amide bonds. The van der Waals surface area contributed by atoms with Gasteiger partial charge in [-0.15, -0.1) is 0 Å². The van der Waals surface area contributed by atoms with E-state index in [9.17, 15) is 8.42 Å². The molecule has 1 aliphatic rings. The van der Waals surface area contributed by atoms with Gasteiger partial charge in [0.15, 0.2) is 0 Å². The summed E-state index contributed by atoms with van der Waals surface area (Å²) < 4.78 is 36.0. The third-order valence-electron chi connectivity index (χ3n) is 4.26. The number of benzene rings is 1. The van der Waals surface area contributed by atoms with Crippen molar-refractivity contribution in [3.8, 4) is 5.75 Å². The van der Waals surface area contributed by atoms with Crippen molar-refractivity contribution >= 4 is 10.2 Å². The van der Waals surface area contributed by atoms with Gasteiger partial charge in [-0.3, -0.25) is 0 Å². The van der Waals surface area contributed by atoms with Crippen LogP contribution < -0.4 is 4.74 Å². The Morgan fingerprint density at radius 3 is 2.50 bits per heavy atom. The molecule has 2 aromatic rings. The molecule has 0 N–H and O–H groups in total. The summed E-state index contributed by atoms with van der Waals surface area (Å²) >= 11 is 0. The van der Waals surface area contributed by atoms with E-state index in [1.54, 1.807) is 18.4 Å². The molecule has 7 heteroatoms. The largest absolute Gasteiger partial charge is 0.494 e. The lowest BCUT2D eigenvalue weighted by Gasteiger charge is -2.37. The average Bonchev–Trinajstić information content (AvgIpc) is 3.03. The molecule has 130 valence electrons. The number of nitrogens with zero attached hydrogens (tertiary/aromatic N) is 3. The van der Waals surface area contributed by atoms with E-state index < -0.39 is 10.2 Å². The summed E-state index contributed by atoms with van der Waals surface area (Å²) in [6, 6.07) is 11.3. The molecule has 2 heterocycles. The maximum Gasteiger partial charge on any atom is 0.282 e. The Balaban J connectivity index is 2.05. The van der Waals surface area contributed by atoms with E-state index in [-0.39, 0.29) is 6.04 Å². The highest BCUT2D eigenvalue weighted by molar-refractivity contribution is 7.86. The molecule has 6 nitrogen and oxygen atoms in total. The molecule has 1 aromatic heterocycles. The molecule has 1 atom stereocenters. The Labute approximate surface area is 143 Å². The maximum atomic E-state index is 12.8. The fourth-order valence-corrected chi connectivity index (χ4v) is 4.30. The smallest absolute Gasteiger partial charge is 0.282 e. The molecule has 0 fully saturated rings. The summed E-state index contributed by atoms with van der Waals surface area (Å²) in [5.41, 5.74) is 1.92. The predicted octanol–water partition coefficient (Wildman–Crippen LogP) is 2.10. The molecule has 1 aromatic carbocycles. The van der Waals surface area contributed by atoms with Gasteiger partial charge in [0.05, 0.1) is 12.6 Å². The van der Waals surface area contributed by atoms with Gasteiger partial charge in [0.1, 0.15) is 5.75 Å². The summed E-state index contributed by atoms with van der Waals surface area (Å²) in [6.07, 6.45) is 2.00. The number of fused-ring (bicyclic) bond motifs is 1. The van der Waals surface area contributed by atoms with Crippen molar-refractivity contribution in [2.24, 2.45) is 0 Å². The minimum atomic E-state index is -3.52. The molecule has 1 aliphatic heterocycles. The van der Waals surface area contributed by atoms with E-state index in [0.29, 0.717) is 19.7 Å². The predicted molar refractivity (Wildman–Crippen MR) is 93.2 cm³/mol. The lowest BCUT2D eigenvalue weighted by atomic mass is 10.0. The van der Waals surface area contributed by atoms with Crippen LogP contribution in [0.5, 0.6) is 5.75 Å². The highest BCUT2D eigenvalue weighted by Gasteiger charge is 2.37. The van der Waals surface area contributed by atoms with Crippen molar-refractivity contribution in [3.63, 3.8) is 0 Å². The summed E-state index contributed by atoms with van der Waals surface area (Å²) in [5.74, 6) is 0.787. The van der Waals surface area contributed by atoms with E-state index in [0.717, 1.165) is 17.0 Å². The lowest BCUT2D eigenvalue weighted by molar-refractivity contribution is 0.281. The highest BCUT2D eigenvalue weighted by atomic mass is 32.2. The molecular formula is C17H23N3O3S. The van der Waals surface area contributed by atoms with Crippen LogP contribution in [0.15, 0.2) is 42.6 Å². The first-order valence-electron chi connectivity index (χ1n) is 8.02. The normalized spacial score (nSPS) is 18.6. The van der Waals surface area contributed by atoms with Crippen molar-refractivity contribution in [2.45, 2.75) is 19.5 Å². The van der Waals surface area contributed by atoms with Crippen molar-refractivity contribution in [3.05, 3.63) is 53.9 Å². The van der Waals surface area contributed by atoms with Gasteiger partial charge in [0.25, 0.3) is 10.2 Å². The number of hydrogen-bond acceptors (Lipinski definition) is 3. The Morgan fingerprint density at radius 2 is 1.88 bits per heavy atom. The standard InChI is InChI=1S/C17H23N3O3S/c1-4-23-15-9-7-14(8-10-15)17-16-6-5-11-19(16)12-13-20(17)24(21,22)18(2)3/h5-11,17H,4,12-13H2,1-3H3. The molecule has 3 rings (SSSR count). The second kappa shape index (κ2) is 6.58. The van der Waals surface area contributed by atoms with Gasteiger partial charge < -0.3 is 9.30 Å². The molecule has 0 radical (unpaired) electrons. The monoisotopic (exact) mass is 349 g/mol. The SMILES string of the molecule is CCOc1ccc(C2c3cccn3CCN2S(=O)(=O)N(C)C)cc1. The quantitative estimate of drug-likeness (QED) is 0.831. The van der Waals surface area contributed by atoms with Crippen LogP contribution in [-0.2, 0) is 16.8 Å². The molecule has 0 spiro atoms. The lowest BCUT2D eigenvalue weighted by Crippen LogP contribution is -2.47. The van der Waals surface area contributed by atoms with Gasteiger partial charge in [0, 0.05) is 39.1 Å². The third kappa shape index (κ3) is 2.94. The van der Waals surface area contributed by atoms with Crippen LogP contribution in [-0.4, -0.2) is 48.8 Å². The second-order valence-electron chi connectivity index (χ2n) is 5.93. The first-order chi connectivity index (χ1) is 11.4. The molecular weight excluding hydrogens is 326 g/mol. The Morgan fingerprint density at radius 1 is 1.17 bits per heavy atom. The maximum absolute atomic E-state index is 12.8. The molecule has 0 saturated carbocycles. The number of rotatable bonds is 5. The first-order valence-corrected chi connectivity index (χ1v) is 9.42. The Kier molecular flexibility index (Phi) is 4.67. The molecule has 0 aliphatic carbocycles. The Hall–Kier alpha value is -1.83. The van der Waals surface area contributed by atoms with Crippen molar-refractivity contribution < 1.29 is 13.2 Å². The summed E-state index contributed by atoms with van der Waals surface area (Å²) in [4.78, 5) is 0. The zero-order valence-corrected chi connectivity index (χ0v) is 15.0. The fourth-order valence-electron chi connectivity index (χ4n) is 3.07. The van der Waals surface area contributed by atoms with Crippen LogP contribution in [0.4, 0.5) is 0 Å². The third-order valence-corrected chi connectivity index (χ3v) is 6.17. The first kappa shape index (κ1) is 17.0. The van der Waals surface area contributed by atoms with Crippen LogP contribution in [0.1, 0.15) is 24.2 Å². The second-order valence-corrected chi connectivity index (χ2v) is 8.03. The van der Waals surface area contributed by atoms with Gasteiger partial charge >= 0.3 is 0 Å². The average molecular weight is 349 g/mol. The van der Waals surface area contributed by atoms with Crippen LogP contribution in [0.25, 0.3) is 0 Å². The zero-order chi connectivity index (χ0) is 17.3. The molecule has 24 heavy (non-hydrogen) atoms. The topological polar surface area (TPSA) is 54.8 Å². The number of hydrogen-bond donors (Lipinski definition) is 0. The van der Waals surface area contributed by atoms with E-state index in [1.807, 2.05) is 49.5 Å². The summed E-state index contributed by atoms with van der Waals surface area (Å²) in [5, 5.41) is 0. The van der Waals surface area contributed by atoms with E-state index >= 15 is 0 Å². The minimum absolute atomic E-state index is 0.336. The van der Waals surface area contributed by atoms with Gasteiger partial charge in [-0.25, -0.2) is 0 Å².